The van der Waals surface area contributed by atoms with Crippen LogP contribution in [0.5, 0.6) is 0 Å². The van der Waals surface area contributed by atoms with Crippen molar-refractivity contribution in [2.75, 3.05) is 31.6 Å². The van der Waals surface area contributed by atoms with Crippen LogP contribution in [-0.2, 0) is 35.4 Å². The quantitative estimate of drug-likeness (QED) is 0.209. The molecule has 256 valence electrons. The molecule has 5 atom stereocenters. The van der Waals surface area contributed by atoms with Crippen LogP contribution in [0.3, 0.4) is 0 Å². The number of sulfonamides is 1. The molecule has 3 aliphatic heterocycles. The van der Waals surface area contributed by atoms with Gasteiger partial charge in [0, 0.05) is 36.2 Å². The molecule has 5 unspecified atom stereocenters. The zero-order valence-electron chi connectivity index (χ0n) is 27.2. The number of hydrogen-bond acceptors (Lipinski definition) is 8. The number of alkyl carbamates (subject to hydrolysis) is 1. The first kappa shape index (κ1) is 33.9. The Kier molecular flexibility index (Phi) is 10.0. The number of hydrogen-bond donors (Lipinski definition) is 4. The molecule has 1 aromatic heterocycles. The van der Waals surface area contributed by atoms with Crippen molar-refractivity contribution in [3.05, 3.63) is 83.7 Å². The predicted molar refractivity (Wildman–Crippen MR) is 179 cm³/mol. The molecule has 2 aromatic carbocycles. The second-order valence-electron chi connectivity index (χ2n) is 12.9. The molecule has 2 fully saturated rings. The van der Waals surface area contributed by atoms with Crippen molar-refractivity contribution in [1.82, 2.24) is 14.6 Å². The number of nitrogens with zero attached hydrogens (tertiary/aromatic N) is 1. The Labute approximate surface area is 280 Å². The molecule has 0 saturated carbocycles. The summed E-state index contributed by atoms with van der Waals surface area (Å²) >= 11 is 0. The lowest BCUT2D eigenvalue weighted by atomic mass is 10.0. The monoisotopic (exact) mass is 678 g/mol. The SMILES string of the molecule is CC(=C1C(=O)Nc2ccc(S(=O)(=O)N(CC(C)C)CC(O)C(Cc3ccccc3)NC(=O)OC3COC4OCCC34)cc21)c1ccc[nH]1. The number of aliphatic hydroxyl groups excluding tert-OH is 1. The maximum Gasteiger partial charge on any atom is 0.407 e. The summed E-state index contributed by atoms with van der Waals surface area (Å²) in [5, 5.41) is 17.3. The van der Waals surface area contributed by atoms with Crippen molar-refractivity contribution in [2.45, 2.75) is 63.0 Å². The summed E-state index contributed by atoms with van der Waals surface area (Å²) in [5.41, 5.74) is 3.66. The van der Waals surface area contributed by atoms with Crippen LogP contribution in [0, 0.1) is 11.8 Å². The van der Waals surface area contributed by atoms with Crippen molar-refractivity contribution in [3.63, 3.8) is 0 Å². The Hall–Kier alpha value is -4.01. The average molecular weight is 679 g/mol. The molecular weight excluding hydrogens is 636 g/mol. The maximum absolute atomic E-state index is 14.3. The van der Waals surface area contributed by atoms with E-state index >= 15 is 0 Å². The molecule has 0 aliphatic carbocycles. The summed E-state index contributed by atoms with van der Waals surface area (Å²) in [6, 6.07) is 16.7. The Balaban J connectivity index is 1.25. The van der Waals surface area contributed by atoms with Gasteiger partial charge in [-0.1, -0.05) is 44.2 Å². The van der Waals surface area contributed by atoms with E-state index in [1.54, 1.807) is 12.3 Å². The van der Waals surface area contributed by atoms with Gasteiger partial charge >= 0.3 is 6.09 Å². The number of allylic oxidation sites excluding steroid dienone is 1. The molecule has 4 N–H and O–H groups in total. The Morgan fingerprint density at radius 3 is 2.62 bits per heavy atom. The van der Waals surface area contributed by atoms with Crippen molar-refractivity contribution in [3.8, 4) is 0 Å². The fourth-order valence-corrected chi connectivity index (χ4v) is 8.21. The first-order valence-corrected chi connectivity index (χ1v) is 17.7. The highest BCUT2D eigenvalue weighted by Gasteiger charge is 2.44. The van der Waals surface area contributed by atoms with Gasteiger partial charge in [0.05, 0.1) is 41.7 Å². The van der Waals surface area contributed by atoms with Crippen molar-refractivity contribution in [1.29, 1.82) is 0 Å². The molecule has 6 rings (SSSR count). The predicted octanol–water partition coefficient (Wildman–Crippen LogP) is 4.00. The maximum atomic E-state index is 14.3. The molecule has 4 heterocycles. The number of rotatable bonds is 12. The molecule has 2 saturated heterocycles. The van der Waals surface area contributed by atoms with E-state index in [1.165, 1.54) is 16.4 Å². The zero-order valence-corrected chi connectivity index (χ0v) is 28.0. The van der Waals surface area contributed by atoms with Gasteiger partial charge in [-0.15, -0.1) is 0 Å². The third-order valence-electron chi connectivity index (χ3n) is 9.02. The van der Waals surface area contributed by atoms with Crippen LogP contribution in [0.2, 0.25) is 0 Å². The molecule has 0 bridgehead atoms. The number of carbonyl (C=O) groups excluding carboxylic acids is 2. The largest absolute Gasteiger partial charge is 0.443 e. The van der Waals surface area contributed by atoms with E-state index in [4.69, 9.17) is 14.2 Å². The summed E-state index contributed by atoms with van der Waals surface area (Å²) in [7, 11) is -4.17. The lowest BCUT2D eigenvalue weighted by molar-refractivity contribution is -0.110. The number of amides is 2. The van der Waals surface area contributed by atoms with Gasteiger partial charge in [-0.05, 0) is 67.2 Å². The summed E-state index contributed by atoms with van der Waals surface area (Å²) in [6.45, 7) is 6.17. The van der Waals surface area contributed by atoms with Gasteiger partial charge in [0.1, 0.15) is 6.10 Å². The van der Waals surface area contributed by atoms with Gasteiger partial charge in [-0.2, -0.15) is 4.31 Å². The lowest BCUT2D eigenvalue weighted by Crippen LogP contribution is -2.51. The number of anilines is 1. The summed E-state index contributed by atoms with van der Waals surface area (Å²) in [4.78, 5) is 29.3. The number of aromatic amines is 1. The lowest BCUT2D eigenvalue weighted by Gasteiger charge is -2.31. The molecule has 13 heteroatoms. The normalized spacial score (nSPS) is 22.7. The summed E-state index contributed by atoms with van der Waals surface area (Å²) in [6.07, 6.45) is -0.172. The van der Waals surface area contributed by atoms with Crippen LogP contribution < -0.4 is 10.6 Å². The average Bonchev–Trinajstić information content (AvgIpc) is 3.86. The van der Waals surface area contributed by atoms with Crippen molar-refractivity contribution in [2.24, 2.45) is 11.8 Å². The molecule has 48 heavy (non-hydrogen) atoms. The highest BCUT2D eigenvalue weighted by molar-refractivity contribution is 7.89. The number of fused-ring (bicyclic) bond motifs is 2. The third kappa shape index (κ3) is 7.20. The van der Waals surface area contributed by atoms with Gasteiger partial charge in [-0.25, -0.2) is 13.2 Å². The molecule has 3 aromatic rings. The van der Waals surface area contributed by atoms with Crippen molar-refractivity contribution < 1.29 is 37.3 Å². The van der Waals surface area contributed by atoms with Gasteiger partial charge < -0.3 is 34.9 Å². The van der Waals surface area contributed by atoms with Gasteiger partial charge in [-0.3, -0.25) is 4.79 Å². The molecule has 12 nitrogen and oxygen atoms in total. The molecule has 0 spiro atoms. The fraction of sp³-hybridized carbons (Fsp3) is 0.429. The number of aliphatic hydroxyl groups is 1. The second kappa shape index (κ2) is 14.2. The fourth-order valence-electron chi connectivity index (χ4n) is 6.56. The molecule has 2 amide bonds. The van der Waals surface area contributed by atoms with E-state index < -0.39 is 34.4 Å². The zero-order chi connectivity index (χ0) is 34.0. The summed E-state index contributed by atoms with van der Waals surface area (Å²) < 4.78 is 46.7. The minimum atomic E-state index is -4.17. The van der Waals surface area contributed by atoms with Crippen LogP contribution in [0.1, 0.15) is 44.0 Å². The van der Waals surface area contributed by atoms with Crippen LogP contribution in [0.25, 0.3) is 11.1 Å². The molecule has 0 radical (unpaired) electrons. The van der Waals surface area contributed by atoms with E-state index in [-0.39, 0.29) is 55.0 Å². The Morgan fingerprint density at radius 1 is 1.10 bits per heavy atom. The van der Waals surface area contributed by atoms with Crippen LogP contribution >= 0.6 is 0 Å². The van der Waals surface area contributed by atoms with Gasteiger partial charge in [0.2, 0.25) is 10.0 Å². The first-order valence-electron chi connectivity index (χ1n) is 16.2. The number of benzene rings is 2. The number of nitrogens with one attached hydrogen (secondary N) is 3. The van der Waals surface area contributed by atoms with Crippen LogP contribution in [0.4, 0.5) is 10.5 Å². The second-order valence-corrected chi connectivity index (χ2v) is 14.9. The van der Waals surface area contributed by atoms with E-state index in [2.05, 4.69) is 15.6 Å². The topological polar surface area (TPSA) is 159 Å². The highest BCUT2D eigenvalue weighted by atomic mass is 32.2. The number of aromatic nitrogens is 1. The highest BCUT2D eigenvalue weighted by Crippen LogP contribution is 2.38. The minimum Gasteiger partial charge on any atom is -0.443 e. The van der Waals surface area contributed by atoms with E-state index in [0.29, 0.717) is 29.0 Å². The van der Waals surface area contributed by atoms with Crippen LogP contribution in [0.15, 0.2) is 71.8 Å². The van der Waals surface area contributed by atoms with Gasteiger partial charge in [0.15, 0.2) is 6.29 Å². The minimum absolute atomic E-state index is 0.0102. The third-order valence-corrected chi connectivity index (χ3v) is 10.8. The van der Waals surface area contributed by atoms with E-state index in [1.807, 2.05) is 63.2 Å². The number of H-pyrrole nitrogens is 1. The molecule has 3 aliphatic rings. The Bertz CT molecular complexity index is 1760. The molecular formula is C35H42N4O8S. The van der Waals surface area contributed by atoms with Crippen LogP contribution in [-0.4, -0.2) is 85.7 Å². The smallest absolute Gasteiger partial charge is 0.407 e. The van der Waals surface area contributed by atoms with Crippen molar-refractivity contribution >= 4 is 38.9 Å². The standard InChI is InChI=1S/C35H42N4O8S/c1-21(2)18-39(48(43,44)24-11-12-28-26(17-24)32(33(41)37-28)22(3)27-10-7-14-36-27)19-30(40)29(16-23-8-5-4-6-9-23)38-35(42)47-31-20-46-34-25(31)13-15-45-34/h4-12,14,17,21,25,29-31,34,36,40H,13,15-16,18-20H2,1-3H3,(H,37,41)(H,38,42). The summed E-state index contributed by atoms with van der Waals surface area (Å²) in [5.74, 6) is -0.452. The number of ether oxygens (including phenoxy) is 3. The van der Waals surface area contributed by atoms with E-state index in [9.17, 15) is 23.1 Å². The Morgan fingerprint density at radius 2 is 1.90 bits per heavy atom. The van der Waals surface area contributed by atoms with Gasteiger partial charge in [0.25, 0.3) is 5.91 Å². The number of carbonyl (C=O) groups is 2. The van der Waals surface area contributed by atoms with E-state index in [0.717, 1.165) is 17.7 Å². The first-order chi connectivity index (χ1) is 23.0.